The summed E-state index contributed by atoms with van der Waals surface area (Å²) in [4.78, 5) is 10.9. The molecule has 0 aliphatic carbocycles. The van der Waals surface area contributed by atoms with Gasteiger partial charge in [0.15, 0.2) is 0 Å². The van der Waals surface area contributed by atoms with Gasteiger partial charge in [-0.3, -0.25) is 4.79 Å². The van der Waals surface area contributed by atoms with Gasteiger partial charge in [0.05, 0.1) is 19.8 Å². The minimum Gasteiger partial charge on any atom is -0.466 e. The van der Waals surface area contributed by atoms with Crippen molar-refractivity contribution in [3.63, 3.8) is 0 Å². The number of rotatable bonds is 6. The summed E-state index contributed by atoms with van der Waals surface area (Å²) in [5.74, 6) is -0.284. The van der Waals surface area contributed by atoms with Crippen LogP contribution in [0.25, 0.3) is 6.08 Å². The maximum absolute atomic E-state index is 10.9. The number of ether oxygens (including phenoxy) is 1. The third-order valence-corrected chi connectivity index (χ3v) is 3.54. The zero-order valence-corrected chi connectivity index (χ0v) is 13.2. The van der Waals surface area contributed by atoms with Gasteiger partial charge in [0.25, 0.3) is 0 Å². The molecule has 0 saturated heterocycles. The molecule has 0 aliphatic rings. The Balaban J connectivity index is 3.20. The van der Waals surface area contributed by atoms with Gasteiger partial charge < -0.3 is 14.9 Å². The van der Waals surface area contributed by atoms with E-state index in [0.29, 0.717) is 13.0 Å². The molecule has 1 rings (SSSR count). The lowest BCUT2D eigenvalue weighted by molar-refractivity contribution is -0.140. The molecule has 0 fully saturated rings. The SMILES string of the molecule is CC(=O)OCCc1c(C)cc(CO)c(/C=C(\C)CO)c1C. The van der Waals surface area contributed by atoms with Crippen LogP contribution in [0.4, 0.5) is 0 Å². The fraction of sp³-hybridized carbons (Fsp3) is 0.471. The summed E-state index contributed by atoms with van der Waals surface area (Å²) in [6, 6.07) is 1.95. The lowest BCUT2D eigenvalue weighted by Gasteiger charge is -2.17. The van der Waals surface area contributed by atoms with Crippen LogP contribution in [0.15, 0.2) is 11.6 Å². The number of carbonyl (C=O) groups excluding carboxylic acids is 1. The van der Waals surface area contributed by atoms with Crippen LogP contribution in [0.5, 0.6) is 0 Å². The van der Waals surface area contributed by atoms with Crippen molar-refractivity contribution >= 4 is 12.0 Å². The van der Waals surface area contributed by atoms with Gasteiger partial charge in [0.1, 0.15) is 0 Å². The number of aryl methyl sites for hydroxylation is 1. The van der Waals surface area contributed by atoms with Crippen LogP contribution >= 0.6 is 0 Å². The van der Waals surface area contributed by atoms with Crippen molar-refractivity contribution in [3.8, 4) is 0 Å². The zero-order valence-electron chi connectivity index (χ0n) is 13.2. The highest BCUT2D eigenvalue weighted by molar-refractivity contribution is 5.66. The maximum atomic E-state index is 10.9. The molecule has 0 amide bonds. The molecule has 21 heavy (non-hydrogen) atoms. The molecule has 0 spiro atoms. The van der Waals surface area contributed by atoms with Gasteiger partial charge in [-0.05, 0) is 54.2 Å². The molecule has 0 radical (unpaired) electrons. The Labute approximate surface area is 126 Å². The van der Waals surface area contributed by atoms with Crippen molar-refractivity contribution in [2.75, 3.05) is 13.2 Å². The molecule has 4 heteroatoms. The van der Waals surface area contributed by atoms with Crippen molar-refractivity contribution in [3.05, 3.63) is 39.5 Å². The highest BCUT2D eigenvalue weighted by Crippen LogP contribution is 2.25. The normalized spacial score (nSPS) is 11.6. The van der Waals surface area contributed by atoms with Crippen LogP contribution < -0.4 is 0 Å². The largest absolute Gasteiger partial charge is 0.466 e. The number of aliphatic hydroxyl groups is 2. The summed E-state index contributed by atoms with van der Waals surface area (Å²) in [5, 5.41) is 18.7. The molecule has 116 valence electrons. The average Bonchev–Trinajstić information content (AvgIpc) is 2.44. The van der Waals surface area contributed by atoms with Crippen LogP contribution in [-0.4, -0.2) is 29.4 Å². The summed E-state index contributed by atoms with van der Waals surface area (Å²) < 4.78 is 5.01. The van der Waals surface area contributed by atoms with E-state index < -0.39 is 0 Å². The summed E-state index contributed by atoms with van der Waals surface area (Å²) >= 11 is 0. The summed E-state index contributed by atoms with van der Waals surface area (Å²) in [6.07, 6.45) is 2.54. The van der Waals surface area contributed by atoms with Crippen molar-refractivity contribution in [1.82, 2.24) is 0 Å². The molecule has 0 unspecified atom stereocenters. The van der Waals surface area contributed by atoms with Gasteiger partial charge >= 0.3 is 5.97 Å². The van der Waals surface area contributed by atoms with E-state index in [9.17, 15) is 15.0 Å². The molecule has 0 aliphatic heterocycles. The van der Waals surface area contributed by atoms with Gasteiger partial charge in [0, 0.05) is 13.3 Å². The highest BCUT2D eigenvalue weighted by atomic mass is 16.5. The monoisotopic (exact) mass is 292 g/mol. The Morgan fingerprint density at radius 1 is 1.29 bits per heavy atom. The minimum atomic E-state index is -0.284. The van der Waals surface area contributed by atoms with Gasteiger partial charge in [0.2, 0.25) is 0 Å². The number of esters is 1. The van der Waals surface area contributed by atoms with Crippen molar-refractivity contribution in [2.45, 2.75) is 40.7 Å². The molecule has 0 bridgehead atoms. The van der Waals surface area contributed by atoms with E-state index >= 15 is 0 Å². The van der Waals surface area contributed by atoms with Crippen LogP contribution in [0.2, 0.25) is 0 Å². The first-order valence-electron chi connectivity index (χ1n) is 7.04. The Bertz CT molecular complexity index is 544. The summed E-state index contributed by atoms with van der Waals surface area (Å²) in [7, 11) is 0. The second-order valence-electron chi connectivity index (χ2n) is 5.27. The summed E-state index contributed by atoms with van der Waals surface area (Å²) in [6.45, 7) is 7.51. The molecular weight excluding hydrogens is 268 g/mol. The molecule has 0 heterocycles. The number of benzene rings is 1. The quantitative estimate of drug-likeness (QED) is 0.790. The standard InChI is InChI=1S/C17H24O4/c1-11(9-18)7-17-13(3)16(5-6-21-14(4)20)12(2)8-15(17)10-19/h7-8,18-19H,5-6,9-10H2,1-4H3/b11-7+. The third kappa shape index (κ3) is 4.69. The summed E-state index contributed by atoms with van der Waals surface area (Å²) in [5.41, 5.74) is 5.86. The smallest absolute Gasteiger partial charge is 0.302 e. The van der Waals surface area contributed by atoms with E-state index in [0.717, 1.165) is 33.4 Å². The Kier molecular flexibility index (Phi) is 6.59. The van der Waals surface area contributed by atoms with Crippen LogP contribution in [0, 0.1) is 13.8 Å². The van der Waals surface area contributed by atoms with E-state index in [2.05, 4.69) is 0 Å². The van der Waals surface area contributed by atoms with E-state index in [1.807, 2.05) is 32.9 Å². The highest BCUT2D eigenvalue weighted by Gasteiger charge is 2.12. The fourth-order valence-corrected chi connectivity index (χ4v) is 2.43. The number of aliphatic hydroxyl groups excluding tert-OH is 2. The molecule has 1 aromatic rings. The van der Waals surface area contributed by atoms with Crippen LogP contribution in [0.3, 0.4) is 0 Å². The minimum absolute atomic E-state index is 0.0129. The molecule has 1 aromatic carbocycles. The van der Waals surface area contributed by atoms with E-state index in [1.54, 1.807) is 0 Å². The zero-order chi connectivity index (χ0) is 16.0. The molecule has 0 saturated carbocycles. The van der Waals surface area contributed by atoms with Gasteiger partial charge in [-0.25, -0.2) is 0 Å². The first-order chi connectivity index (χ1) is 9.90. The van der Waals surface area contributed by atoms with Crippen molar-refractivity contribution in [1.29, 1.82) is 0 Å². The average molecular weight is 292 g/mol. The van der Waals surface area contributed by atoms with Gasteiger partial charge in [-0.2, -0.15) is 0 Å². The Morgan fingerprint density at radius 2 is 1.95 bits per heavy atom. The lowest BCUT2D eigenvalue weighted by Crippen LogP contribution is -2.08. The Morgan fingerprint density at radius 3 is 2.48 bits per heavy atom. The van der Waals surface area contributed by atoms with E-state index in [1.165, 1.54) is 6.92 Å². The number of carbonyl (C=O) groups is 1. The first-order valence-corrected chi connectivity index (χ1v) is 7.04. The second-order valence-corrected chi connectivity index (χ2v) is 5.27. The predicted octanol–water partition coefficient (Wildman–Crippen LogP) is 2.30. The fourth-order valence-electron chi connectivity index (χ4n) is 2.43. The van der Waals surface area contributed by atoms with E-state index in [4.69, 9.17) is 4.74 Å². The van der Waals surface area contributed by atoms with Gasteiger partial charge in [-0.15, -0.1) is 0 Å². The van der Waals surface area contributed by atoms with Crippen molar-refractivity contribution in [2.24, 2.45) is 0 Å². The van der Waals surface area contributed by atoms with Crippen LogP contribution in [-0.2, 0) is 22.6 Å². The first kappa shape index (κ1) is 17.4. The number of hydrogen-bond acceptors (Lipinski definition) is 4. The van der Waals surface area contributed by atoms with Crippen LogP contribution in [0.1, 0.15) is 41.7 Å². The topological polar surface area (TPSA) is 66.8 Å². The molecular formula is C17H24O4. The molecule has 0 atom stereocenters. The number of hydrogen-bond donors (Lipinski definition) is 2. The molecule has 4 nitrogen and oxygen atoms in total. The molecule has 0 aromatic heterocycles. The third-order valence-electron chi connectivity index (χ3n) is 3.54. The maximum Gasteiger partial charge on any atom is 0.302 e. The second kappa shape index (κ2) is 7.96. The lowest BCUT2D eigenvalue weighted by atomic mass is 9.90. The van der Waals surface area contributed by atoms with Gasteiger partial charge in [-0.1, -0.05) is 12.1 Å². The Hall–Kier alpha value is -1.65. The predicted molar refractivity (Wildman–Crippen MR) is 82.9 cm³/mol. The van der Waals surface area contributed by atoms with Crippen molar-refractivity contribution < 1.29 is 19.7 Å². The van der Waals surface area contributed by atoms with E-state index in [-0.39, 0.29) is 19.2 Å². The molecule has 2 N–H and O–H groups in total.